The zero-order chi connectivity index (χ0) is 13.1. The molecule has 0 saturated carbocycles. The molecule has 0 spiro atoms. The lowest BCUT2D eigenvalue weighted by molar-refractivity contribution is 0.100. The first-order chi connectivity index (χ1) is 8.58. The Bertz CT molecular complexity index is 602. The average Bonchev–Trinajstić information content (AvgIpc) is 2.34. The summed E-state index contributed by atoms with van der Waals surface area (Å²) in [5.41, 5.74) is 6.24. The van der Waals surface area contributed by atoms with E-state index in [4.69, 9.17) is 28.9 Å². The summed E-state index contributed by atoms with van der Waals surface area (Å²) in [5, 5.41) is 3.84. The monoisotopic (exact) mass is 281 g/mol. The van der Waals surface area contributed by atoms with E-state index in [2.05, 4.69) is 10.3 Å². The second kappa shape index (κ2) is 5.25. The van der Waals surface area contributed by atoms with Crippen molar-refractivity contribution in [2.75, 3.05) is 5.32 Å². The van der Waals surface area contributed by atoms with Crippen molar-refractivity contribution in [3.8, 4) is 0 Å². The van der Waals surface area contributed by atoms with E-state index in [9.17, 15) is 4.79 Å². The molecule has 18 heavy (non-hydrogen) atoms. The number of aromatic nitrogens is 1. The lowest BCUT2D eigenvalue weighted by Gasteiger charge is -2.09. The Kier molecular flexibility index (Phi) is 3.69. The fourth-order valence-corrected chi connectivity index (χ4v) is 1.71. The highest BCUT2D eigenvalue weighted by atomic mass is 35.5. The van der Waals surface area contributed by atoms with Gasteiger partial charge in [0, 0.05) is 11.9 Å². The number of carbonyl (C=O) groups excluding carboxylic acids is 1. The summed E-state index contributed by atoms with van der Waals surface area (Å²) in [6.45, 7) is 0. The van der Waals surface area contributed by atoms with Gasteiger partial charge in [-0.2, -0.15) is 0 Å². The Morgan fingerprint density at radius 3 is 2.67 bits per heavy atom. The maximum absolute atomic E-state index is 11.2. The maximum atomic E-state index is 11.2. The normalized spacial score (nSPS) is 10.1. The first kappa shape index (κ1) is 12.7. The summed E-state index contributed by atoms with van der Waals surface area (Å²) in [5.74, 6) is -0.172. The predicted octanol–water partition coefficient (Wildman–Crippen LogP) is 3.23. The van der Waals surface area contributed by atoms with Crippen LogP contribution in [0.15, 0.2) is 36.5 Å². The van der Waals surface area contributed by atoms with Crippen molar-refractivity contribution in [1.29, 1.82) is 0 Å². The molecule has 4 nitrogen and oxygen atoms in total. The second-order valence-electron chi connectivity index (χ2n) is 3.52. The van der Waals surface area contributed by atoms with Gasteiger partial charge in [0.25, 0.3) is 5.91 Å². The molecule has 0 saturated heterocycles. The van der Waals surface area contributed by atoms with Gasteiger partial charge in [0.05, 0.1) is 15.6 Å². The van der Waals surface area contributed by atoms with Gasteiger partial charge < -0.3 is 11.1 Å². The van der Waals surface area contributed by atoms with Crippen LogP contribution in [0.2, 0.25) is 10.0 Å². The summed E-state index contributed by atoms with van der Waals surface area (Å²) in [6, 6.07) is 8.26. The number of benzene rings is 1. The van der Waals surface area contributed by atoms with Gasteiger partial charge in [-0.05, 0) is 30.3 Å². The summed E-state index contributed by atoms with van der Waals surface area (Å²) in [6.07, 6.45) is 1.56. The van der Waals surface area contributed by atoms with Gasteiger partial charge in [-0.1, -0.05) is 23.2 Å². The van der Waals surface area contributed by atoms with Crippen LogP contribution in [0, 0.1) is 0 Å². The summed E-state index contributed by atoms with van der Waals surface area (Å²) < 4.78 is 0. The van der Waals surface area contributed by atoms with E-state index in [1.54, 1.807) is 36.5 Å². The van der Waals surface area contributed by atoms with Crippen LogP contribution in [0.4, 0.5) is 11.5 Å². The number of amides is 1. The highest BCUT2D eigenvalue weighted by molar-refractivity contribution is 6.42. The van der Waals surface area contributed by atoms with E-state index in [0.717, 1.165) is 0 Å². The number of hydrogen-bond donors (Lipinski definition) is 2. The zero-order valence-electron chi connectivity index (χ0n) is 9.15. The minimum Gasteiger partial charge on any atom is -0.365 e. The minimum atomic E-state index is -0.550. The molecule has 0 bridgehead atoms. The third kappa shape index (κ3) is 2.72. The third-order valence-corrected chi connectivity index (χ3v) is 2.99. The molecule has 2 aromatic rings. The van der Waals surface area contributed by atoms with Crippen molar-refractivity contribution in [2.45, 2.75) is 0 Å². The van der Waals surface area contributed by atoms with Crippen molar-refractivity contribution in [3.63, 3.8) is 0 Å². The predicted molar refractivity (Wildman–Crippen MR) is 72.5 cm³/mol. The molecular weight excluding hydrogens is 273 g/mol. The molecule has 2 rings (SSSR count). The topological polar surface area (TPSA) is 68.0 Å². The highest BCUT2D eigenvalue weighted by Crippen LogP contribution is 2.27. The summed E-state index contributed by atoms with van der Waals surface area (Å²) >= 11 is 11.7. The molecule has 1 heterocycles. The largest absolute Gasteiger partial charge is 0.365 e. The Morgan fingerprint density at radius 2 is 2.00 bits per heavy atom. The smallest absolute Gasteiger partial charge is 0.252 e. The van der Waals surface area contributed by atoms with Gasteiger partial charge in [0.2, 0.25) is 0 Å². The average molecular weight is 282 g/mol. The second-order valence-corrected chi connectivity index (χ2v) is 4.33. The van der Waals surface area contributed by atoms with Gasteiger partial charge in [-0.25, -0.2) is 4.98 Å². The fourth-order valence-electron chi connectivity index (χ4n) is 1.41. The van der Waals surface area contributed by atoms with Gasteiger partial charge in [0.1, 0.15) is 5.82 Å². The van der Waals surface area contributed by atoms with Gasteiger partial charge in [-0.3, -0.25) is 4.79 Å². The first-order valence-electron chi connectivity index (χ1n) is 5.05. The quantitative estimate of drug-likeness (QED) is 0.908. The summed E-state index contributed by atoms with van der Waals surface area (Å²) in [7, 11) is 0. The van der Waals surface area contributed by atoms with Crippen LogP contribution in [-0.4, -0.2) is 10.9 Å². The molecule has 0 aliphatic heterocycles. The van der Waals surface area contributed by atoms with Crippen LogP contribution in [0.5, 0.6) is 0 Å². The number of nitrogens with one attached hydrogen (secondary N) is 1. The van der Waals surface area contributed by atoms with E-state index < -0.39 is 5.91 Å². The van der Waals surface area contributed by atoms with E-state index in [0.29, 0.717) is 27.1 Å². The van der Waals surface area contributed by atoms with Crippen LogP contribution < -0.4 is 11.1 Å². The number of halogens is 2. The standard InChI is InChI=1S/C12H9Cl2N3O/c13-9-4-3-7(6-10(9)14)17-12-8(11(15)18)2-1-5-16-12/h1-6H,(H2,15,18)(H,16,17). The maximum Gasteiger partial charge on any atom is 0.252 e. The number of carbonyl (C=O) groups is 1. The van der Waals surface area contributed by atoms with E-state index in [1.165, 1.54) is 0 Å². The Labute approximate surface area is 114 Å². The molecule has 1 amide bonds. The molecule has 6 heteroatoms. The van der Waals surface area contributed by atoms with Crippen LogP contribution in [-0.2, 0) is 0 Å². The van der Waals surface area contributed by atoms with Gasteiger partial charge >= 0.3 is 0 Å². The SMILES string of the molecule is NC(=O)c1cccnc1Nc1ccc(Cl)c(Cl)c1. The molecule has 0 aliphatic carbocycles. The van der Waals surface area contributed by atoms with Crippen molar-refractivity contribution in [2.24, 2.45) is 5.73 Å². The molecular formula is C12H9Cl2N3O. The Hall–Kier alpha value is -1.78. The summed E-state index contributed by atoms with van der Waals surface area (Å²) in [4.78, 5) is 15.3. The number of rotatable bonds is 3. The first-order valence-corrected chi connectivity index (χ1v) is 5.80. The molecule has 3 N–H and O–H groups in total. The zero-order valence-corrected chi connectivity index (χ0v) is 10.7. The Balaban J connectivity index is 2.34. The molecule has 92 valence electrons. The fraction of sp³-hybridized carbons (Fsp3) is 0. The van der Waals surface area contributed by atoms with Crippen LogP contribution in [0.1, 0.15) is 10.4 Å². The van der Waals surface area contributed by atoms with Crippen LogP contribution >= 0.6 is 23.2 Å². The molecule has 0 aliphatic rings. The number of pyridine rings is 1. The molecule has 0 atom stereocenters. The van der Waals surface area contributed by atoms with E-state index >= 15 is 0 Å². The number of anilines is 2. The van der Waals surface area contributed by atoms with E-state index in [1.807, 2.05) is 0 Å². The lowest BCUT2D eigenvalue weighted by Crippen LogP contribution is -2.14. The molecule has 0 radical (unpaired) electrons. The van der Waals surface area contributed by atoms with Crippen molar-refractivity contribution < 1.29 is 4.79 Å². The highest BCUT2D eigenvalue weighted by Gasteiger charge is 2.09. The Morgan fingerprint density at radius 1 is 1.22 bits per heavy atom. The van der Waals surface area contributed by atoms with Crippen LogP contribution in [0.3, 0.4) is 0 Å². The molecule has 0 unspecified atom stereocenters. The minimum absolute atomic E-state index is 0.309. The van der Waals surface area contributed by atoms with Crippen LogP contribution in [0.25, 0.3) is 0 Å². The number of hydrogen-bond acceptors (Lipinski definition) is 3. The number of primary amides is 1. The van der Waals surface area contributed by atoms with Gasteiger partial charge in [-0.15, -0.1) is 0 Å². The molecule has 0 fully saturated rings. The van der Waals surface area contributed by atoms with Crippen molar-refractivity contribution in [1.82, 2.24) is 4.98 Å². The third-order valence-electron chi connectivity index (χ3n) is 2.26. The van der Waals surface area contributed by atoms with Gasteiger partial charge in [0.15, 0.2) is 0 Å². The van der Waals surface area contributed by atoms with Crippen molar-refractivity contribution >= 4 is 40.6 Å². The number of nitrogens with two attached hydrogens (primary N) is 1. The molecule has 1 aromatic carbocycles. The lowest BCUT2D eigenvalue weighted by atomic mass is 10.2. The number of nitrogens with zero attached hydrogens (tertiary/aromatic N) is 1. The van der Waals surface area contributed by atoms with E-state index in [-0.39, 0.29) is 0 Å². The van der Waals surface area contributed by atoms with Crippen molar-refractivity contribution in [3.05, 3.63) is 52.1 Å². The molecule has 1 aromatic heterocycles.